The Labute approximate surface area is 121 Å². The summed E-state index contributed by atoms with van der Waals surface area (Å²) in [6.07, 6.45) is 3.80. The molecule has 0 saturated carbocycles. The average Bonchev–Trinajstić information content (AvgIpc) is 2.75. The van der Waals surface area contributed by atoms with E-state index in [0.717, 1.165) is 25.8 Å². The lowest BCUT2D eigenvalue weighted by Crippen LogP contribution is -2.49. The van der Waals surface area contributed by atoms with E-state index in [4.69, 9.17) is 5.11 Å². The van der Waals surface area contributed by atoms with Crippen molar-refractivity contribution in [1.82, 2.24) is 9.80 Å². The van der Waals surface area contributed by atoms with Crippen LogP contribution in [0.25, 0.3) is 0 Å². The summed E-state index contributed by atoms with van der Waals surface area (Å²) in [6.45, 7) is 9.31. The molecule has 1 fully saturated rings. The highest BCUT2D eigenvalue weighted by molar-refractivity contribution is 5.78. The number of rotatable bonds is 6. The molecule has 1 aliphatic heterocycles. The van der Waals surface area contributed by atoms with E-state index in [0.29, 0.717) is 13.0 Å². The molecule has 2 amide bonds. The van der Waals surface area contributed by atoms with Gasteiger partial charge < -0.3 is 14.9 Å². The van der Waals surface area contributed by atoms with Crippen LogP contribution in [0.2, 0.25) is 0 Å². The first-order valence-electron chi connectivity index (χ1n) is 7.70. The van der Waals surface area contributed by atoms with Crippen LogP contribution in [0.4, 0.5) is 4.79 Å². The average molecular weight is 284 g/mol. The summed E-state index contributed by atoms with van der Waals surface area (Å²) in [4.78, 5) is 27.4. The Hall–Kier alpha value is -1.26. The van der Waals surface area contributed by atoms with Crippen molar-refractivity contribution in [3.8, 4) is 0 Å². The van der Waals surface area contributed by atoms with Gasteiger partial charge in [0.05, 0.1) is 5.92 Å². The Balaban J connectivity index is 2.68. The lowest BCUT2D eigenvalue weighted by Gasteiger charge is -2.33. The number of carbonyl (C=O) groups is 2. The van der Waals surface area contributed by atoms with Crippen LogP contribution in [0.3, 0.4) is 0 Å². The molecule has 0 radical (unpaired) electrons. The quantitative estimate of drug-likeness (QED) is 0.763. The van der Waals surface area contributed by atoms with E-state index in [2.05, 4.69) is 6.92 Å². The van der Waals surface area contributed by atoms with Crippen molar-refractivity contribution in [2.45, 2.75) is 65.5 Å². The second-order valence-corrected chi connectivity index (χ2v) is 5.94. The molecule has 116 valence electrons. The van der Waals surface area contributed by atoms with Gasteiger partial charge in [0.1, 0.15) is 0 Å². The monoisotopic (exact) mass is 284 g/mol. The molecule has 2 unspecified atom stereocenters. The second-order valence-electron chi connectivity index (χ2n) is 5.94. The van der Waals surface area contributed by atoms with E-state index in [-0.39, 0.29) is 18.1 Å². The van der Waals surface area contributed by atoms with Crippen molar-refractivity contribution >= 4 is 12.0 Å². The summed E-state index contributed by atoms with van der Waals surface area (Å²) >= 11 is 0. The van der Waals surface area contributed by atoms with Crippen LogP contribution in [0.15, 0.2) is 0 Å². The zero-order valence-electron chi connectivity index (χ0n) is 13.1. The molecule has 20 heavy (non-hydrogen) atoms. The van der Waals surface area contributed by atoms with E-state index >= 15 is 0 Å². The Morgan fingerprint density at radius 2 is 2.00 bits per heavy atom. The normalized spacial score (nSPS) is 22.4. The van der Waals surface area contributed by atoms with Gasteiger partial charge in [-0.25, -0.2) is 4.79 Å². The van der Waals surface area contributed by atoms with Crippen LogP contribution in [0.1, 0.15) is 53.4 Å². The van der Waals surface area contributed by atoms with Crippen LogP contribution in [-0.2, 0) is 4.79 Å². The predicted molar refractivity (Wildman–Crippen MR) is 78.7 cm³/mol. The van der Waals surface area contributed by atoms with Gasteiger partial charge >= 0.3 is 12.0 Å². The number of carbonyl (C=O) groups excluding carboxylic acids is 1. The van der Waals surface area contributed by atoms with Crippen LogP contribution in [0.5, 0.6) is 0 Å². The van der Waals surface area contributed by atoms with Gasteiger partial charge in [0, 0.05) is 25.2 Å². The predicted octanol–water partition coefficient (Wildman–Crippen LogP) is 2.80. The van der Waals surface area contributed by atoms with Crippen LogP contribution >= 0.6 is 0 Å². The van der Waals surface area contributed by atoms with Crippen molar-refractivity contribution in [2.24, 2.45) is 5.92 Å². The summed E-state index contributed by atoms with van der Waals surface area (Å²) < 4.78 is 0. The van der Waals surface area contributed by atoms with Crippen molar-refractivity contribution in [3.05, 3.63) is 0 Å². The third kappa shape index (κ3) is 3.87. The zero-order valence-corrected chi connectivity index (χ0v) is 13.1. The van der Waals surface area contributed by atoms with E-state index < -0.39 is 11.9 Å². The van der Waals surface area contributed by atoms with Crippen LogP contribution in [0, 0.1) is 5.92 Å². The van der Waals surface area contributed by atoms with Crippen molar-refractivity contribution in [2.75, 3.05) is 13.1 Å². The lowest BCUT2D eigenvalue weighted by molar-refractivity contribution is -0.142. The summed E-state index contributed by atoms with van der Waals surface area (Å²) in [6, 6.07) is -0.0739. The number of hydrogen-bond donors (Lipinski definition) is 1. The molecule has 1 N–H and O–H groups in total. The van der Waals surface area contributed by atoms with Crippen LogP contribution < -0.4 is 0 Å². The fourth-order valence-electron chi connectivity index (χ4n) is 2.81. The molecule has 1 saturated heterocycles. The number of nitrogens with zero attached hydrogens (tertiary/aromatic N) is 2. The molecule has 2 atom stereocenters. The Morgan fingerprint density at radius 1 is 1.35 bits per heavy atom. The highest BCUT2D eigenvalue weighted by Crippen LogP contribution is 2.26. The Morgan fingerprint density at radius 3 is 2.45 bits per heavy atom. The van der Waals surface area contributed by atoms with E-state index in [1.165, 1.54) is 0 Å². The van der Waals surface area contributed by atoms with Gasteiger partial charge in [-0.1, -0.05) is 19.8 Å². The van der Waals surface area contributed by atoms with Crippen molar-refractivity contribution in [3.63, 3.8) is 0 Å². The van der Waals surface area contributed by atoms with Gasteiger partial charge in [-0.05, 0) is 33.6 Å². The SMILES string of the molecule is CCCCCN(C(=O)N1CCC(C(=O)O)C1C)C(C)C. The first-order chi connectivity index (χ1) is 9.40. The topological polar surface area (TPSA) is 60.9 Å². The molecule has 5 nitrogen and oxygen atoms in total. The molecule has 0 aromatic carbocycles. The summed E-state index contributed by atoms with van der Waals surface area (Å²) in [5.74, 6) is -1.22. The number of carboxylic acid groups (broad SMARTS) is 1. The molecule has 5 heteroatoms. The van der Waals surface area contributed by atoms with Gasteiger partial charge in [-0.2, -0.15) is 0 Å². The summed E-state index contributed by atoms with van der Waals surface area (Å²) in [7, 11) is 0. The van der Waals surface area contributed by atoms with Gasteiger partial charge in [-0.15, -0.1) is 0 Å². The molecule has 0 aromatic rings. The molecule has 0 aromatic heterocycles. The number of unbranched alkanes of at least 4 members (excludes halogenated alkanes) is 2. The first kappa shape index (κ1) is 16.8. The fraction of sp³-hybridized carbons (Fsp3) is 0.867. The fourth-order valence-corrected chi connectivity index (χ4v) is 2.81. The maximum atomic E-state index is 12.6. The molecule has 0 spiro atoms. The third-order valence-electron chi connectivity index (χ3n) is 4.19. The van der Waals surface area contributed by atoms with E-state index in [1.807, 2.05) is 25.7 Å². The summed E-state index contributed by atoms with van der Waals surface area (Å²) in [5, 5.41) is 9.15. The number of carboxylic acids is 1. The third-order valence-corrected chi connectivity index (χ3v) is 4.19. The van der Waals surface area contributed by atoms with Crippen molar-refractivity contribution < 1.29 is 14.7 Å². The van der Waals surface area contributed by atoms with Gasteiger partial charge in [0.15, 0.2) is 0 Å². The molecule has 0 bridgehead atoms. The highest BCUT2D eigenvalue weighted by Gasteiger charge is 2.39. The number of urea groups is 1. The molecule has 0 aliphatic carbocycles. The highest BCUT2D eigenvalue weighted by atomic mass is 16.4. The van der Waals surface area contributed by atoms with Crippen LogP contribution in [-0.4, -0.2) is 52.1 Å². The van der Waals surface area contributed by atoms with Gasteiger partial charge in [0.2, 0.25) is 0 Å². The first-order valence-corrected chi connectivity index (χ1v) is 7.70. The molecular formula is C15H28N2O3. The maximum absolute atomic E-state index is 12.6. The minimum absolute atomic E-state index is 0.00708. The van der Waals surface area contributed by atoms with E-state index in [9.17, 15) is 9.59 Å². The minimum Gasteiger partial charge on any atom is -0.481 e. The molecular weight excluding hydrogens is 256 g/mol. The van der Waals surface area contributed by atoms with Gasteiger partial charge in [-0.3, -0.25) is 4.79 Å². The molecule has 1 rings (SSSR count). The smallest absolute Gasteiger partial charge is 0.320 e. The maximum Gasteiger partial charge on any atom is 0.320 e. The number of hydrogen-bond acceptors (Lipinski definition) is 2. The molecule has 1 heterocycles. The Bertz CT molecular complexity index is 344. The second kappa shape index (κ2) is 7.50. The van der Waals surface area contributed by atoms with E-state index in [1.54, 1.807) is 4.90 Å². The zero-order chi connectivity index (χ0) is 15.3. The largest absolute Gasteiger partial charge is 0.481 e. The number of amides is 2. The molecule has 1 aliphatic rings. The number of aliphatic carboxylic acids is 1. The number of likely N-dealkylation sites (tertiary alicyclic amines) is 1. The van der Waals surface area contributed by atoms with Gasteiger partial charge in [0.25, 0.3) is 0 Å². The summed E-state index contributed by atoms with van der Waals surface area (Å²) in [5.41, 5.74) is 0. The minimum atomic E-state index is -0.796. The standard InChI is InChI=1S/C15H28N2O3/c1-5-6-7-9-16(11(2)3)15(20)17-10-8-13(12(17)4)14(18)19/h11-13H,5-10H2,1-4H3,(H,18,19). The Kier molecular flexibility index (Phi) is 6.30. The lowest BCUT2D eigenvalue weighted by atomic mass is 10.0. The van der Waals surface area contributed by atoms with Crippen molar-refractivity contribution in [1.29, 1.82) is 0 Å².